The average molecular weight is 332 g/mol. The van der Waals surface area contributed by atoms with Crippen molar-refractivity contribution >= 4 is 15.5 Å². The summed E-state index contributed by atoms with van der Waals surface area (Å²) < 4.78 is 25.2. The number of nitrogens with zero attached hydrogens (tertiary/aromatic N) is 1. The van der Waals surface area contributed by atoms with E-state index < -0.39 is 9.84 Å². The average Bonchev–Trinajstić information content (AvgIpc) is 3.31. The van der Waals surface area contributed by atoms with Gasteiger partial charge in [0.05, 0.1) is 4.90 Å². The Balaban J connectivity index is 2.12. The Labute approximate surface area is 135 Å². The van der Waals surface area contributed by atoms with E-state index in [1.165, 1.54) is 23.7 Å². The molecule has 0 amide bonds. The molecule has 1 aliphatic rings. The van der Waals surface area contributed by atoms with Gasteiger partial charge in [0.15, 0.2) is 9.84 Å². The lowest BCUT2D eigenvalue weighted by Gasteiger charge is -2.14. The Morgan fingerprint density at radius 2 is 1.96 bits per heavy atom. The van der Waals surface area contributed by atoms with Crippen LogP contribution in [0.3, 0.4) is 0 Å². The van der Waals surface area contributed by atoms with Crippen LogP contribution in [0.4, 0.5) is 5.69 Å². The number of pyridine rings is 1. The lowest BCUT2D eigenvalue weighted by Crippen LogP contribution is -2.18. The first-order valence-electron chi connectivity index (χ1n) is 7.60. The van der Waals surface area contributed by atoms with Gasteiger partial charge in [0.1, 0.15) is 0 Å². The van der Waals surface area contributed by atoms with Crippen LogP contribution >= 0.6 is 0 Å². The lowest BCUT2D eigenvalue weighted by atomic mass is 10.0. The van der Waals surface area contributed by atoms with Gasteiger partial charge in [-0.15, -0.1) is 0 Å². The SMILES string of the molecule is Cn1cccc(-c2cc(S(C)(=O)=O)ccc2NCC2CC2)c1=O. The van der Waals surface area contributed by atoms with Crippen LogP contribution in [0.1, 0.15) is 12.8 Å². The molecule has 23 heavy (non-hydrogen) atoms. The summed E-state index contributed by atoms with van der Waals surface area (Å²) in [6, 6.07) is 8.43. The highest BCUT2D eigenvalue weighted by molar-refractivity contribution is 7.90. The Morgan fingerprint density at radius 3 is 2.61 bits per heavy atom. The van der Waals surface area contributed by atoms with Crippen molar-refractivity contribution in [2.45, 2.75) is 17.7 Å². The molecular formula is C17H20N2O3S. The van der Waals surface area contributed by atoms with Gasteiger partial charge in [-0.1, -0.05) is 0 Å². The van der Waals surface area contributed by atoms with Crippen molar-refractivity contribution in [1.82, 2.24) is 4.57 Å². The molecule has 6 heteroatoms. The van der Waals surface area contributed by atoms with Gasteiger partial charge >= 0.3 is 0 Å². The summed E-state index contributed by atoms with van der Waals surface area (Å²) in [7, 11) is -1.64. The van der Waals surface area contributed by atoms with Crippen molar-refractivity contribution in [2.75, 3.05) is 18.1 Å². The van der Waals surface area contributed by atoms with Crippen LogP contribution in [0, 0.1) is 5.92 Å². The molecule has 2 aromatic rings. The molecular weight excluding hydrogens is 312 g/mol. The predicted octanol–water partition coefficient (Wildman–Crippen LogP) is 2.28. The number of benzene rings is 1. The standard InChI is InChI=1S/C17H20N2O3S/c1-19-9-3-4-14(17(19)20)15-10-13(23(2,21)22)7-8-16(15)18-11-12-5-6-12/h3-4,7-10,12,18H,5-6,11H2,1-2H3. The summed E-state index contributed by atoms with van der Waals surface area (Å²) in [6.07, 6.45) is 5.30. The molecule has 0 spiro atoms. The topological polar surface area (TPSA) is 68.2 Å². The molecule has 0 unspecified atom stereocenters. The molecule has 0 radical (unpaired) electrons. The minimum Gasteiger partial charge on any atom is -0.384 e. The molecule has 1 fully saturated rings. The first kappa shape index (κ1) is 15.8. The number of hydrogen-bond acceptors (Lipinski definition) is 4. The Bertz CT molecular complexity index is 896. The predicted molar refractivity (Wildman–Crippen MR) is 91.4 cm³/mol. The van der Waals surface area contributed by atoms with E-state index in [-0.39, 0.29) is 10.5 Å². The maximum atomic E-state index is 12.4. The summed E-state index contributed by atoms with van der Waals surface area (Å²) in [4.78, 5) is 12.6. The molecule has 3 rings (SSSR count). The number of anilines is 1. The first-order valence-corrected chi connectivity index (χ1v) is 9.49. The summed E-state index contributed by atoms with van der Waals surface area (Å²) in [6.45, 7) is 0.846. The van der Waals surface area contributed by atoms with E-state index in [0.29, 0.717) is 17.0 Å². The molecule has 0 aliphatic heterocycles. The fraction of sp³-hybridized carbons (Fsp3) is 0.353. The quantitative estimate of drug-likeness (QED) is 0.912. The molecule has 122 valence electrons. The normalized spacial score (nSPS) is 14.7. The van der Waals surface area contributed by atoms with Crippen molar-refractivity contribution in [1.29, 1.82) is 0 Å². The second-order valence-corrected chi connectivity index (χ2v) is 8.16. The summed E-state index contributed by atoms with van der Waals surface area (Å²) >= 11 is 0. The van der Waals surface area contributed by atoms with Crippen molar-refractivity contribution in [3.8, 4) is 11.1 Å². The zero-order chi connectivity index (χ0) is 16.6. The summed E-state index contributed by atoms with van der Waals surface area (Å²) in [5.74, 6) is 0.677. The number of nitrogens with one attached hydrogen (secondary N) is 1. The molecule has 1 aromatic carbocycles. The van der Waals surface area contributed by atoms with Gasteiger partial charge in [-0.25, -0.2) is 8.42 Å². The highest BCUT2D eigenvalue weighted by Gasteiger charge is 2.22. The third-order valence-corrected chi connectivity index (χ3v) is 5.22. The molecule has 0 atom stereocenters. The lowest BCUT2D eigenvalue weighted by molar-refractivity contribution is 0.602. The van der Waals surface area contributed by atoms with Crippen molar-refractivity contribution in [3.05, 3.63) is 46.9 Å². The van der Waals surface area contributed by atoms with Crippen LogP contribution in [-0.2, 0) is 16.9 Å². The van der Waals surface area contributed by atoms with Crippen LogP contribution in [-0.4, -0.2) is 25.8 Å². The Hall–Kier alpha value is -2.08. The zero-order valence-corrected chi connectivity index (χ0v) is 14.1. The second-order valence-electron chi connectivity index (χ2n) is 6.14. The molecule has 1 aromatic heterocycles. The van der Waals surface area contributed by atoms with Crippen LogP contribution in [0.15, 0.2) is 46.2 Å². The molecule has 1 N–H and O–H groups in total. The second kappa shape index (κ2) is 5.85. The fourth-order valence-electron chi connectivity index (χ4n) is 2.51. The molecule has 0 saturated heterocycles. The van der Waals surface area contributed by atoms with E-state index in [2.05, 4.69) is 5.32 Å². The van der Waals surface area contributed by atoms with Crippen molar-refractivity contribution < 1.29 is 8.42 Å². The highest BCUT2D eigenvalue weighted by Crippen LogP contribution is 2.32. The van der Waals surface area contributed by atoms with E-state index >= 15 is 0 Å². The monoisotopic (exact) mass is 332 g/mol. The molecule has 1 aliphatic carbocycles. The number of aryl methyl sites for hydroxylation is 1. The van der Waals surface area contributed by atoms with Gasteiger partial charge < -0.3 is 9.88 Å². The zero-order valence-electron chi connectivity index (χ0n) is 13.2. The van der Waals surface area contributed by atoms with Crippen LogP contribution < -0.4 is 10.9 Å². The van der Waals surface area contributed by atoms with Crippen molar-refractivity contribution in [3.63, 3.8) is 0 Å². The number of aromatic nitrogens is 1. The minimum atomic E-state index is -3.33. The van der Waals surface area contributed by atoms with E-state index in [1.54, 1.807) is 43.6 Å². The van der Waals surface area contributed by atoms with Crippen LogP contribution in [0.5, 0.6) is 0 Å². The van der Waals surface area contributed by atoms with Gasteiger partial charge in [-0.3, -0.25) is 4.79 Å². The number of sulfone groups is 1. The highest BCUT2D eigenvalue weighted by atomic mass is 32.2. The van der Waals surface area contributed by atoms with Gasteiger partial charge in [0, 0.05) is 42.9 Å². The summed E-state index contributed by atoms with van der Waals surface area (Å²) in [5.41, 5.74) is 1.79. The van der Waals surface area contributed by atoms with Gasteiger partial charge in [-0.2, -0.15) is 0 Å². The fourth-order valence-corrected chi connectivity index (χ4v) is 3.16. The third-order valence-electron chi connectivity index (χ3n) is 4.11. The van der Waals surface area contributed by atoms with Gasteiger partial charge in [0.2, 0.25) is 0 Å². The van der Waals surface area contributed by atoms with Crippen LogP contribution in [0.2, 0.25) is 0 Å². The molecule has 0 bridgehead atoms. The largest absolute Gasteiger partial charge is 0.384 e. The smallest absolute Gasteiger partial charge is 0.258 e. The maximum Gasteiger partial charge on any atom is 0.258 e. The summed E-state index contributed by atoms with van der Waals surface area (Å²) in [5, 5.41) is 3.36. The Morgan fingerprint density at radius 1 is 1.22 bits per heavy atom. The molecule has 1 saturated carbocycles. The van der Waals surface area contributed by atoms with Crippen LogP contribution in [0.25, 0.3) is 11.1 Å². The van der Waals surface area contributed by atoms with Crippen molar-refractivity contribution in [2.24, 2.45) is 13.0 Å². The van der Waals surface area contributed by atoms with E-state index in [0.717, 1.165) is 12.2 Å². The third kappa shape index (κ3) is 3.47. The van der Waals surface area contributed by atoms with E-state index in [1.807, 2.05) is 0 Å². The number of hydrogen-bond donors (Lipinski definition) is 1. The first-order chi connectivity index (χ1) is 10.9. The Kier molecular flexibility index (Phi) is 4.02. The van der Waals surface area contributed by atoms with E-state index in [4.69, 9.17) is 0 Å². The maximum absolute atomic E-state index is 12.4. The number of rotatable bonds is 5. The van der Waals surface area contributed by atoms with E-state index in [9.17, 15) is 13.2 Å². The minimum absolute atomic E-state index is 0.146. The van der Waals surface area contributed by atoms with Gasteiger partial charge in [0.25, 0.3) is 5.56 Å². The molecule has 1 heterocycles. The van der Waals surface area contributed by atoms with Gasteiger partial charge in [-0.05, 0) is 49.1 Å². The molecule has 5 nitrogen and oxygen atoms in total.